The lowest BCUT2D eigenvalue weighted by molar-refractivity contribution is -0.121. The van der Waals surface area contributed by atoms with Gasteiger partial charge in [-0.2, -0.15) is 5.10 Å². The second-order valence-electron chi connectivity index (χ2n) is 5.59. The fourth-order valence-electron chi connectivity index (χ4n) is 2.38. The zero-order valence-corrected chi connectivity index (χ0v) is 13.6. The van der Waals surface area contributed by atoms with Gasteiger partial charge in [0.25, 0.3) is 0 Å². The molecule has 0 atom stereocenters. The highest BCUT2D eigenvalue weighted by atomic mass is 32.1. The van der Waals surface area contributed by atoms with Crippen LogP contribution in [0.15, 0.2) is 30.3 Å². The summed E-state index contributed by atoms with van der Waals surface area (Å²) in [6, 6.07) is 10.1. The lowest BCUT2D eigenvalue weighted by Crippen LogP contribution is -2.24. The highest BCUT2D eigenvalue weighted by molar-refractivity contribution is 7.71. The number of amides is 1. The van der Waals surface area contributed by atoms with Crippen LogP contribution in [0.1, 0.15) is 37.5 Å². The standard InChI is InChI=1S/C16H20N4O2S/c21-15(7-4-10-22-13-5-2-1-3-6-13)17-11-14-18-19-16(23)20(14)12-8-9-12/h1-3,5-6,12H,4,7-11H2,(H,17,21)(H,19,23). The summed E-state index contributed by atoms with van der Waals surface area (Å²) in [7, 11) is 0. The van der Waals surface area contributed by atoms with E-state index in [1.54, 1.807) is 0 Å². The van der Waals surface area contributed by atoms with Gasteiger partial charge in [-0.05, 0) is 43.6 Å². The van der Waals surface area contributed by atoms with Gasteiger partial charge < -0.3 is 10.1 Å². The molecule has 6 nitrogen and oxygen atoms in total. The fourth-order valence-corrected chi connectivity index (χ4v) is 2.68. The summed E-state index contributed by atoms with van der Waals surface area (Å²) in [4.78, 5) is 11.9. The van der Waals surface area contributed by atoms with Crippen LogP contribution in [0.3, 0.4) is 0 Å². The van der Waals surface area contributed by atoms with Gasteiger partial charge in [0.15, 0.2) is 10.6 Å². The molecule has 2 aromatic rings. The maximum absolute atomic E-state index is 11.9. The van der Waals surface area contributed by atoms with Crippen molar-refractivity contribution < 1.29 is 9.53 Å². The van der Waals surface area contributed by atoms with Crippen LogP contribution in [-0.2, 0) is 11.3 Å². The first-order valence-electron chi connectivity index (χ1n) is 7.84. The molecule has 1 fully saturated rings. The number of hydrogen-bond donors (Lipinski definition) is 2. The van der Waals surface area contributed by atoms with E-state index >= 15 is 0 Å². The molecule has 23 heavy (non-hydrogen) atoms. The number of hydrogen-bond acceptors (Lipinski definition) is 4. The van der Waals surface area contributed by atoms with Crippen molar-refractivity contribution in [2.24, 2.45) is 0 Å². The van der Waals surface area contributed by atoms with Crippen molar-refractivity contribution in [3.05, 3.63) is 40.9 Å². The van der Waals surface area contributed by atoms with Gasteiger partial charge in [0, 0.05) is 12.5 Å². The molecule has 7 heteroatoms. The van der Waals surface area contributed by atoms with Crippen LogP contribution in [0.5, 0.6) is 5.75 Å². The number of H-pyrrole nitrogens is 1. The predicted octanol–water partition coefficient (Wildman–Crippen LogP) is 2.75. The smallest absolute Gasteiger partial charge is 0.220 e. The molecular weight excluding hydrogens is 312 g/mol. The SMILES string of the molecule is O=C(CCCOc1ccccc1)NCc1n[nH]c(=S)n1C1CC1. The van der Waals surface area contributed by atoms with Crippen LogP contribution in [0.2, 0.25) is 0 Å². The van der Waals surface area contributed by atoms with Crippen molar-refractivity contribution in [3.63, 3.8) is 0 Å². The van der Waals surface area contributed by atoms with Gasteiger partial charge in [0.2, 0.25) is 5.91 Å². The number of para-hydroxylation sites is 1. The third-order valence-corrected chi connectivity index (χ3v) is 3.98. The molecule has 1 amide bonds. The van der Waals surface area contributed by atoms with Crippen LogP contribution in [0.25, 0.3) is 0 Å². The molecule has 0 saturated heterocycles. The Hall–Kier alpha value is -2.15. The van der Waals surface area contributed by atoms with Crippen LogP contribution < -0.4 is 10.1 Å². The molecule has 0 spiro atoms. The van der Waals surface area contributed by atoms with Crippen LogP contribution in [-0.4, -0.2) is 27.3 Å². The van der Waals surface area contributed by atoms with Gasteiger partial charge in [0.05, 0.1) is 13.2 Å². The van der Waals surface area contributed by atoms with Crippen LogP contribution >= 0.6 is 12.2 Å². The number of carbonyl (C=O) groups excluding carboxylic acids is 1. The minimum absolute atomic E-state index is 0.00192. The maximum atomic E-state index is 11.9. The quantitative estimate of drug-likeness (QED) is 0.576. The van der Waals surface area contributed by atoms with E-state index in [2.05, 4.69) is 15.5 Å². The average molecular weight is 332 g/mol. The summed E-state index contributed by atoms with van der Waals surface area (Å²) < 4.78 is 8.21. The van der Waals surface area contributed by atoms with Gasteiger partial charge in [0.1, 0.15) is 5.75 Å². The van der Waals surface area contributed by atoms with E-state index in [0.717, 1.165) is 24.4 Å². The summed E-state index contributed by atoms with van der Waals surface area (Å²) in [6.45, 7) is 0.931. The van der Waals surface area contributed by atoms with Gasteiger partial charge in [-0.15, -0.1) is 0 Å². The van der Waals surface area contributed by atoms with Crippen LogP contribution in [0.4, 0.5) is 0 Å². The Labute approximate surface area is 139 Å². The molecule has 2 N–H and O–H groups in total. The molecule has 1 saturated carbocycles. The Morgan fingerprint density at radius 3 is 2.91 bits per heavy atom. The minimum atomic E-state index is -0.00192. The number of aromatic nitrogens is 3. The molecule has 122 valence electrons. The largest absolute Gasteiger partial charge is 0.494 e. The van der Waals surface area contributed by atoms with Gasteiger partial charge in [-0.25, -0.2) is 0 Å². The first kappa shape index (κ1) is 15.7. The molecule has 1 aromatic carbocycles. The van der Waals surface area contributed by atoms with E-state index in [1.807, 2.05) is 34.9 Å². The topological polar surface area (TPSA) is 71.9 Å². The maximum Gasteiger partial charge on any atom is 0.220 e. The Morgan fingerprint density at radius 2 is 2.17 bits per heavy atom. The third-order valence-electron chi connectivity index (χ3n) is 3.69. The molecule has 1 aliphatic rings. The Kier molecular flexibility index (Phi) is 5.07. The summed E-state index contributed by atoms with van der Waals surface area (Å²) >= 11 is 5.22. The highest BCUT2D eigenvalue weighted by Gasteiger charge is 2.27. The first-order chi connectivity index (χ1) is 11.2. The van der Waals surface area contributed by atoms with Crippen molar-refractivity contribution >= 4 is 18.1 Å². The fraction of sp³-hybridized carbons (Fsp3) is 0.438. The summed E-state index contributed by atoms with van der Waals surface area (Å²) in [6.07, 6.45) is 3.37. The normalized spacial score (nSPS) is 13.7. The van der Waals surface area contributed by atoms with Crippen molar-refractivity contribution in [3.8, 4) is 5.75 Å². The zero-order valence-electron chi connectivity index (χ0n) is 12.8. The van der Waals surface area contributed by atoms with Gasteiger partial charge >= 0.3 is 0 Å². The van der Waals surface area contributed by atoms with E-state index in [9.17, 15) is 4.79 Å². The molecule has 0 unspecified atom stereocenters. The van der Waals surface area contributed by atoms with E-state index in [-0.39, 0.29) is 5.91 Å². The number of aromatic amines is 1. The second-order valence-corrected chi connectivity index (χ2v) is 5.97. The molecule has 0 aliphatic heterocycles. The Balaban J connectivity index is 1.38. The molecule has 1 aliphatic carbocycles. The van der Waals surface area contributed by atoms with Crippen molar-refractivity contribution in [1.82, 2.24) is 20.1 Å². The minimum Gasteiger partial charge on any atom is -0.494 e. The number of nitrogens with zero attached hydrogens (tertiary/aromatic N) is 2. The van der Waals surface area contributed by atoms with Crippen molar-refractivity contribution in [1.29, 1.82) is 0 Å². The number of rotatable bonds is 8. The summed E-state index contributed by atoms with van der Waals surface area (Å²) in [5.74, 6) is 1.62. The molecule has 1 heterocycles. The Morgan fingerprint density at radius 1 is 1.39 bits per heavy atom. The van der Waals surface area contributed by atoms with Crippen LogP contribution in [0, 0.1) is 4.77 Å². The number of nitrogens with one attached hydrogen (secondary N) is 2. The number of benzene rings is 1. The lowest BCUT2D eigenvalue weighted by Gasteiger charge is -2.08. The number of carbonyl (C=O) groups is 1. The van der Waals surface area contributed by atoms with E-state index in [1.165, 1.54) is 0 Å². The van der Waals surface area contributed by atoms with Crippen molar-refractivity contribution in [2.45, 2.75) is 38.3 Å². The third kappa shape index (κ3) is 4.41. The molecule has 0 bridgehead atoms. The predicted molar refractivity (Wildman–Crippen MR) is 88.7 cm³/mol. The Bertz CT molecular complexity index is 706. The summed E-state index contributed by atoms with van der Waals surface area (Å²) in [5.41, 5.74) is 0. The van der Waals surface area contributed by atoms with Crippen molar-refractivity contribution in [2.75, 3.05) is 6.61 Å². The second kappa shape index (κ2) is 7.41. The zero-order chi connectivity index (χ0) is 16.1. The monoisotopic (exact) mass is 332 g/mol. The molecule has 3 rings (SSSR count). The van der Waals surface area contributed by atoms with E-state index in [4.69, 9.17) is 17.0 Å². The highest BCUT2D eigenvalue weighted by Crippen LogP contribution is 2.35. The van der Waals surface area contributed by atoms with Gasteiger partial charge in [-0.1, -0.05) is 18.2 Å². The van der Waals surface area contributed by atoms with E-state index in [0.29, 0.717) is 36.8 Å². The first-order valence-corrected chi connectivity index (χ1v) is 8.25. The molecule has 1 aromatic heterocycles. The average Bonchev–Trinajstić information content (AvgIpc) is 3.33. The van der Waals surface area contributed by atoms with Gasteiger partial charge in [-0.3, -0.25) is 14.5 Å². The lowest BCUT2D eigenvalue weighted by atomic mass is 10.3. The number of ether oxygens (including phenoxy) is 1. The van der Waals surface area contributed by atoms with E-state index < -0.39 is 0 Å². The molecular formula is C16H20N4O2S. The molecule has 0 radical (unpaired) electrons. The summed E-state index contributed by atoms with van der Waals surface area (Å²) in [5, 5.41) is 9.88.